The molecule has 0 fully saturated rings. The van der Waals surface area contributed by atoms with Gasteiger partial charge in [0.1, 0.15) is 0 Å². The maximum Gasteiger partial charge on any atom is 0.184 e. The molecule has 4 nitrogen and oxygen atoms in total. The molecule has 0 radical (unpaired) electrons. The molecule has 0 unspecified atom stereocenters. The molecule has 0 aliphatic carbocycles. The largest absolute Gasteiger partial charge is 0.375 e. The van der Waals surface area contributed by atoms with Crippen LogP contribution in [0.2, 0.25) is 0 Å². The Bertz CT molecular complexity index is 1120. The van der Waals surface area contributed by atoms with Gasteiger partial charge in [-0.15, -0.1) is 0 Å². The Morgan fingerprint density at radius 3 is 2.58 bits per heavy atom. The summed E-state index contributed by atoms with van der Waals surface area (Å²) in [5.41, 5.74) is 11.5. The highest BCUT2D eigenvalue weighted by Gasteiger charge is 2.08. The van der Waals surface area contributed by atoms with Gasteiger partial charge in [-0.05, 0) is 34.6 Å². The van der Waals surface area contributed by atoms with Crippen LogP contribution in [0, 0.1) is 0 Å². The smallest absolute Gasteiger partial charge is 0.184 e. The van der Waals surface area contributed by atoms with Crippen molar-refractivity contribution < 1.29 is 0 Å². The molecule has 0 aliphatic rings. The second-order valence-corrected chi connectivity index (χ2v) is 6.54. The Balaban J connectivity index is 1.77. The van der Waals surface area contributed by atoms with Crippen LogP contribution in [0.3, 0.4) is 0 Å². The van der Waals surface area contributed by atoms with Crippen molar-refractivity contribution in [1.82, 2.24) is 9.99 Å². The Kier molecular flexibility index (Phi) is 4.37. The van der Waals surface area contributed by atoms with Crippen molar-refractivity contribution in [2.75, 3.05) is 0 Å². The third kappa shape index (κ3) is 3.17. The van der Waals surface area contributed by atoms with Crippen LogP contribution in [0.4, 0.5) is 0 Å². The number of hydrazone groups is 1. The average Bonchev–Trinajstić information content (AvgIpc) is 3.00. The van der Waals surface area contributed by atoms with Gasteiger partial charge in [0, 0.05) is 29.2 Å². The number of benzene rings is 3. The first kappa shape index (κ1) is 16.3. The number of aromatic nitrogens is 1. The number of thiocarbonyl (C=S) groups is 1. The van der Waals surface area contributed by atoms with Crippen LogP contribution in [0.1, 0.15) is 11.1 Å². The lowest BCUT2D eigenvalue weighted by atomic mass is 10.0. The van der Waals surface area contributed by atoms with E-state index in [4.69, 9.17) is 18.0 Å². The standard InChI is InChI=1S/C21H18N4S/c22-21(26)24-23-12-17-14-25(20-11-4-3-10-19(17)20)13-16-8-5-7-15-6-1-2-9-18(15)16/h1-12,14H,13H2,(H3,22,24,26)/b23-12-. The van der Waals surface area contributed by atoms with E-state index in [0.29, 0.717) is 0 Å². The fourth-order valence-corrected chi connectivity index (χ4v) is 3.34. The molecule has 4 aromatic rings. The predicted molar refractivity (Wildman–Crippen MR) is 113 cm³/mol. The molecule has 1 aromatic heterocycles. The van der Waals surface area contributed by atoms with Gasteiger partial charge in [0.05, 0.1) is 6.21 Å². The lowest BCUT2D eigenvalue weighted by Crippen LogP contribution is -2.23. The lowest BCUT2D eigenvalue weighted by Gasteiger charge is -2.09. The Morgan fingerprint density at radius 2 is 1.73 bits per heavy atom. The lowest BCUT2D eigenvalue weighted by molar-refractivity contribution is 0.842. The highest BCUT2D eigenvalue weighted by Crippen LogP contribution is 2.24. The summed E-state index contributed by atoms with van der Waals surface area (Å²) < 4.78 is 2.25. The number of hydrogen-bond acceptors (Lipinski definition) is 2. The number of rotatable bonds is 4. The summed E-state index contributed by atoms with van der Waals surface area (Å²) in [5.74, 6) is 0. The normalized spacial score (nSPS) is 11.4. The van der Waals surface area contributed by atoms with Crippen LogP contribution in [-0.2, 0) is 6.54 Å². The molecule has 0 saturated carbocycles. The summed E-state index contributed by atoms with van der Waals surface area (Å²) in [6, 6.07) is 23.2. The van der Waals surface area contributed by atoms with E-state index in [1.807, 2.05) is 6.07 Å². The van der Waals surface area contributed by atoms with Crippen molar-refractivity contribution in [3.63, 3.8) is 0 Å². The van der Waals surface area contributed by atoms with E-state index >= 15 is 0 Å². The number of fused-ring (bicyclic) bond motifs is 2. The predicted octanol–water partition coefficient (Wildman–Crippen LogP) is 4.01. The monoisotopic (exact) mass is 358 g/mol. The molecule has 0 amide bonds. The molecule has 128 valence electrons. The zero-order chi connectivity index (χ0) is 17.9. The van der Waals surface area contributed by atoms with E-state index in [0.717, 1.165) is 23.0 Å². The van der Waals surface area contributed by atoms with Crippen LogP contribution >= 0.6 is 12.2 Å². The second-order valence-electron chi connectivity index (χ2n) is 6.10. The zero-order valence-corrected chi connectivity index (χ0v) is 14.9. The summed E-state index contributed by atoms with van der Waals surface area (Å²) >= 11 is 4.79. The Hall–Kier alpha value is -3.18. The van der Waals surface area contributed by atoms with Crippen LogP contribution in [0.5, 0.6) is 0 Å². The van der Waals surface area contributed by atoms with E-state index in [1.54, 1.807) is 6.21 Å². The van der Waals surface area contributed by atoms with Crippen LogP contribution in [0.25, 0.3) is 21.7 Å². The van der Waals surface area contributed by atoms with Crippen molar-refractivity contribution in [2.24, 2.45) is 10.8 Å². The highest BCUT2D eigenvalue weighted by molar-refractivity contribution is 7.80. The summed E-state index contributed by atoms with van der Waals surface area (Å²) in [6.45, 7) is 0.790. The number of hydrogen-bond donors (Lipinski definition) is 2. The van der Waals surface area contributed by atoms with Crippen molar-refractivity contribution in [1.29, 1.82) is 0 Å². The van der Waals surface area contributed by atoms with Gasteiger partial charge < -0.3 is 10.3 Å². The van der Waals surface area contributed by atoms with Gasteiger partial charge in [-0.25, -0.2) is 0 Å². The quantitative estimate of drug-likeness (QED) is 0.329. The Labute approximate surface area is 156 Å². The molecule has 0 atom stereocenters. The molecular weight excluding hydrogens is 340 g/mol. The minimum absolute atomic E-state index is 0.153. The molecule has 5 heteroatoms. The fraction of sp³-hybridized carbons (Fsp3) is 0.0476. The summed E-state index contributed by atoms with van der Waals surface area (Å²) in [4.78, 5) is 0. The van der Waals surface area contributed by atoms with E-state index in [-0.39, 0.29) is 5.11 Å². The first-order valence-electron chi connectivity index (χ1n) is 8.35. The van der Waals surface area contributed by atoms with Crippen LogP contribution in [-0.4, -0.2) is 15.9 Å². The van der Waals surface area contributed by atoms with Gasteiger partial charge in [-0.1, -0.05) is 60.7 Å². The molecule has 3 N–H and O–H groups in total. The molecule has 0 aliphatic heterocycles. The zero-order valence-electron chi connectivity index (χ0n) is 14.1. The number of nitrogens with two attached hydrogens (primary N) is 1. The minimum Gasteiger partial charge on any atom is -0.375 e. The van der Waals surface area contributed by atoms with Crippen molar-refractivity contribution >= 4 is 45.2 Å². The maximum atomic E-state index is 5.43. The van der Waals surface area contributed by atoms with E-state index < -0.39 is 0 Å². The van der Waals surface area contributed by atoms with Crippen LogP contribution in [0.15, 0.2) is 78.0 Å². The van der Waals surface area contributed by atoms with E-state index in [9.17, 15) is 0 Å². The van der Waals surface area contributed by atoms with Crippen molar-refractivity contribution in [3.8, 4) is 0 Å². The van der Waals surface area contributed by atoms with Gasteiger partial charge in [0.15, 0.2) is 5.11 Å². The average molecular weight is 358 g/mol. The molecule has 3 aromatic carbocycles. The van der Waals surface area contributed by atoms with E-state index in [1.165, 1.54) is 16.3 Å². The van der Waals surface area contributed by atoms with Crippen molar-refractivity contribution in [2.45, 2.75) is 6.54 Å². The molecule has 26 heavy (non-hydrogen) atoms. The van der Waals surface area contributed by atoms with E-state index in [2.05, 4.69) is 82.0 Å². The number of para-hydroxylation sites is 1. The summed E-state index contributed by atoms with van der Waals surface area (Å²) in [5, 5.41) is 7.93. The van der Waals surface area contributed by atoms with Gasteiger partial charge in [-0.2, -0.15) is 5.10 Å². The highest BCUT2D eigenvalue weighted by atomic mass is 32.1. The maximum absolute atomic E-state index is 5.43. The fourth-order valence-electron chi connectivity index (χ4n) is 3.29. The molecule has 4 rings (SSSR count). The summed E-state index contributed by atoms with van der Waals surface area (Å²) in [6.07, 6.45) is 3.86. The molecule has 0 spiro atoms. The molecule has 1 heterocycles. The summed E-state index contributed by atoms with van der Waals surface area (Å²) in [7, 11) is 0. The number of nitrogens with one attached hydrogen (secondary N) is 1. The minimum atomic E-state index is 0.153. The SMILES string of the molecule is NC(=S)N/N=C\c1cn(Cc2cccc3ccccc23)c2ccccc12. The van der Waals surface area contributed by atoms with Gasteiger partial charge in [0.25, 0.3) is 0 Å². The molecule has 0 saturated heterocycles. The topological polar surface area (TPSA) is 55.3 Å². The van der Waals surface area contributed by atoms with Gasteiger partial charge in [-0.3, -0.25) is 5.43 Å². The third-order valence-corrected chi connectivity index (χ3v) is 4.51. The first-order chi connectivity index (χ1) is 12.7. The van der Waals surface area contributed by atoms with Gasteiger partial charge in [0.2, 0.25) is 0 Å². The first-order valence-corrected chi connectivity index (χ1v) is 8.76. The molecule has 0 bridgehead atoms. The third-order valence-electron chi connectivity index (χ3n) is 4.42. The second kappa shape index (κ2) is 6.98. The van der Waals surface area contributed by atoms with Crippen LogP contribution < -0.4 is 11.2 Å². The van der Waals surface area contributed by atoms with Gasteiger partial charge >= 0.3 is 0 Å². The Morgan fingerprint density at radius 1 is 1.00 bits per heavy atom. The number of nitrogens with zero attached hydrogens (tertiary/aromatic N) is 2. The van der Waals surface area contributed by atoms with Crippen molar-refractivity contribution in [3.05, 3.63) is 84.1 Å². The molecular formula is C21H18N4S.